The largest absolute Gasteiger partial charge is 0.416 e. The predicted molar refractivity (Wildman–Crippen MR) is 131 cm³/mol. The Morgan fingerprint density at radius 1 is 0.944 bits per heavy atom. The van der Waals surface area contributed by atoms with E-state index < -0.39 is 18.0 Å². The summed E-state index contributed by atoms with van der Waals surface area (Å²) in [7, 11) is 0. The quantitative estimate of drug-likeness (QED) is 0.357. The highest BCUT2D eigenvalue weighted by Crippen LogP contribution is 2.33. The number of morpholine rings is 1. The van der Waals surface area contributed by atoms with Crippen molar-refractivity contribution in [2.75, 3.05) is 31.6 Å². The van der Waals surface area contributed by atoms with Gasteiger partial charge in [0.25, 0.3) is 0 Å². The maximum absolute atomic E-state index is 13.2. The number of nitrogens with zero attached hydrogens (tertiary/aromatic N) is 3. The van der Waals surface area contributed by atoms with Gasteiger partial charge in [-0.05, 0) is 30.3 Å². The van der Waals surface area contributed by atoms with Crippen LogP contribution in [0.2, 0.25) is 0 Å². The van der Waals surface area contributed by atoms with E-state index in [0.29, 0.717) is 47.9 Å². The predicted octanol–water partition coefficient (Wildman–Crippen LogP) is 5.25. The van der Waals surface area contributed by atoms with Crippen LogP contribution < -0.4 is 5.32 Å². The van der Waals surface area contributed by atoms with Gasteiger partial charge in [-0.3, -0.25) is 4.90 Å². The minimum atomic E-state index is -4.44. The highest BCUT2D eigenvalue weighted by atomic mass is 19.4. The molecular formula is C27H25F3N4O2. The van der Waals surface area contributed by atoms with Crippen molar-refractivity contribution in [3.05, 3.63) is 89.6 Å². The maximum atomic E-state index is 13.2. The van der Waals surface area contributed by atoms with Crippen LogP contribution in [0.4, 0.5) is 19.0 Å². The molecule has 9 heteroatoms. The van der Waals surface area contributed by atoms with Gasteiger partial charge in [-0.1, -0.05) is 42.5 Å². The second kappa shape index (κ2) is 10.2. The molecule has 4 aromatic rings. The monoisotopic (exact) mass is 494 g/mol. The summed E-state index contributed by atoms with van der Waals surface area (Å²) >= 11 is 0. The molecule has 0 spiro atoms. The molecule has 0 radical (unpaired) electrons. The Balaban J connectivity index is 1.40. The molecule has 186 valence electrons. The number of ether oxygens (including phenoxy) is 1. The van der Waals surface area contributed by atoms with E-state index in [0.717, 1.165) is 36.3 Å². The lowest BCUT2D eigenvalue weighted by molar-refractivity contribution is -0.137. The number of hydrogen-bond donors (Lipinski definition) is 2. The summed E-state index contributed by atoms with van der Waals surface area (Å²) < 4.78 is 45.0. The minimum Gasteiger partial charge on any atom is -0.379 e. The second-order valence-corrected chi connectivity index (χ2v) is 8.64. The SMILES string of the molecule is OC(Nc1cccc(CN2CCOCC2)n1)c1cccc2ccc(-c3cccc(C(F)(F)F)c3)nc12. The number of nitrogens with one attached hydrogen (secondary N) is 1. The summed E-state index contributed by atoms with van der Waals surface area (Å²) in [6.45, 7) is 3.78. The van der Waals surface area contributed by atoms with Gasteiger partial charge in [0.2, 0.25) is 0 Å². The summed E-state index contributed by atoms with van der Waals surface area (Å²) in [6, 6.07) is 19.5. The molecule has 0 amide bonds. The van der Waals surface area contributed by atoms with Gasteiger partial charge in [0.1, 0.15) is 5.82 Å². The highest BCUT2D eigenvalue weighted by Gasteiger charge is 2.30. The molecule has 2 N–H and O–H groups in total. The lowest BCUT2D eigenvalue weighted by Gasteiger charge is -2.26. The molecule has 5 rings (SSSR count). The van der Waals surface area contributed by atoms with Crippen LogP contribution in [0.5, 0.6) is 0 Å². The first-order valence-electron chi connectivity index (χ1n) is 11.6. The lowest BCUT2D eigenvalue weighted by Crippen LogP contribution is -2.35. The third kappa shape index (κ3) is 5.48. The molecule has 0 saturated carbocycles. The molecular weight excluding hydrogens is 469 g/mol. The molecule has 1 aliphatic rings. The molecule has 3 heterocycles. The van der Waals surface area contributed by atoms with E-state index in [1.165, 1.54) is 6.07 Å². The summed E-state index contributed by atoms with van der Waals surface area (Å²) in [4.78, 5) is 11.5. The van der Waals surface area contributed by atoms with Gasteiger partial charge in [-0.2, -0.15) is 13.2 Å². The van der Waals surface area contributed by atoms with E-state index in [2.05, 4.69) is 20.2 Å². The lowest BCUT2D eigenvalue weighted by atomic mass is 10.0. The van der Waals surface area contributed by atoms with Gasteiger partial charge < -0.3 is 15.2 Å². The first-order valence-corrected chi connectivity index (χ1v) is 11.6. The standard InChI is InChI=1S/C27H25F3N4O2/c28-27(29,30)20-6-1-5-19(16-20)23-11-10-18-4-2-8-22(25(18)32-23)26(35)33-24-9-3-7-21(31-24)17-34-12-14-36-15-13-34/h1-11,16,26,35H,12-15,17H2,(H,31,33). The van der Waals surface area contributed by atoms with Crippen molar-refractivity contribution in [1.82, 2.24) is 14.9 Å². The van der Waals surface area contributed by atoms with Crippen LogP contribution in [-0.2, 0) is 17.5 Å². The molecule has 0 aliphatic carbocycles. The Hall–Kier alpha value is -3.53. The zero-order chi connectivity index (χ0) is 25.1. The number of fused-ring (bicyclic) bond motifs is 1. The first kappa shape index (κ1) is 24.2. The van der Waals surface area contributed by atoms with Crippen LogP contribution in [0.1, 0.15) is 23.0 Å². The fraction of sp³-hybridized carbons (Fsp3) is 0.259. The molecule has 36 heavy (non-hydrogen) atoms. The van der Waals surface area contributed by atoms with E-state index in [-0.39, 0.29) is 0 Å². The van der Waals surface area contributed by atoms with Crippen molar-refractivity contribution in [1.29, 1.82) is 0 Å². The normalized spacial score (nSPS) is 15.7. The van der Waals surface area contributed by atoms with Crippen LogP contribution >= 0.6 is 0 Å². The number of aliphatic hydroxyl groups excluding tert-OH is 1. The van der Waals surface area contributed by atoms with Gasteiger partial charge in [0.05, 0.1) is 35.7 Å². The Morgan fingerprint density at radius 2 is 1.72 bits per heavy atom. The number of benzene rings is 2. The number of rotatable bonds is 6. The molecule has 1 aliphatic heterocycles. The van der Waals surface area contributed by atoms with Gasteiger partial charge in [-0.25, -0.2) is 9.97 Å². The molecule has 1 fully saturated rings. The van der Waals surface area contributed by atoms with E-state index in [9.17, 15) is 18.3 Å². The number of alkyl halides is 3. The van der Waals surface area contributed by atoms with E-state index in [1.807, 2.05) is 18.2 Å². The van der Waals surface area contributed by atoms with Crippen molar-refractivity contribution < 1.29 is 23.0 Å². The zero-order valence-corrected chi connectivity index (χ0v) is 19.4. The smallest absolute Gasteiger partial charge is 0.379 e. The topological polar surface area (TPSA) is 70.5 Å². The second-order valence-electron chi connectivity index (χ2n) is 8.64. The van der Waals surface area contributed by atoms with Crippen LogP contribution in [-0.4, -0.2) is 46.3 Å². The Morgan fingerprint density at radius 3 is 2.53 bits per heavy atom. The number of pyridine rings is 2. The van der Waals surface area contributed by atoms with E-state index in [1.54, 1.807) is 36.4 Å². The highest BCUT2D eigenvalue weighted by molar-refractivity contribution is 5.85. The van der Waals surface area contributed by atoms with Crippen molar-refractivity contribution >= 4 is 16.7 Å². The summed E-state index contributed by atoms with van der Waals surface area (Å²) in [5.41, 5.74) is 1.87. The summed E-state index contributed by atoms with van der Waals surface area (Å²) in [5.74, 6) is 0.513. The van der Waals surface area contributed by atoms with Crippen LogP contribution in [0.3, 0.4) is 0 Å². The third-order valence-corrected chi connectivity index (χ3v) is 6.11. The molecule has 2 aromatic carbocycles. The number of para-hydroxylation sites is 1. The van der Waals surface area contributed by atoms with Crippen molar-refractivity contribution in [3.63, 3.8) is 0 Å². The van der Waals surface area contributed by atoms with Crippen LogP contribution in [0.15, 0.2) is 72.8 Å². The Bertz CT molecular complexity index is 1360. The summed E-state index contributed by atoms with van der Waals surface area (Å²) in [6.07, 6.45) is -5.56. The van der Waals surface area contributed by atoms with Crippen LogP contribution in [0, 0.1) is 0 Å². The molecule has 1 unspecified atom stereocenters. The number of anilines is 1. The first-order chi connectivity index (χ1) is 17.4. The number of aromatic nitrogens is 2. The van der Waals surface area contributed by atoms with Crippen molar-refractivity contribution in [3.8, 4) is 11.3 Å². The van der Waals surface area contributed by atoms with Crippen molar-refractivity contribution in [2.45, 2.75) is 18.9 Å². The van der Waals surface area contributed by atoms with Crippen LogP contribution in [0.25, 0.3) is 22.2 Å². The fourth-order valence-electron chi connectivity index (χ4n) is 4.26. The maximum Gasteiger partial charge on any atom is 0.416 e. The molecule has 6 nitrogen and oxygen atoms in total. The van der Waals surface area contributed by atoms with E-state index in [4.69, 9.17) is 4.74 Å². The Kier molecular flexibility index (Phi) is 6.86. The molecule has 1 atom stereocenters. The van der Waals surface area contributed by atoms with Gasteiger partial charge in [0, 0.05) is 36.1 Å². The molecule has 0 bridgehead atoms. The molecule has 2 aromatic heterocycles. The zero-order valence-electron chi connectivity index (χ0n) is 19.4. The fourth-order valence-corrected chi connectivity index (χ4v) is 4.26. The van der Waals surface area contributed by atoms with Gasteiger partial charge in [0.15, 0.2) is 6.23 Å². The number of aliphatic hydroxyl groups is 1. The average molecular weight is 495 g/mol. The number of halogens is 3. The summed E-state index contributed by atoms with van der Waals surface area (Å²) in [5, 5.41) is 14.8. The number of hydrogen-bond acceptors (Lipinski definition) is 6. The Labute approximate surface area is 206 Å². The average Bonchev–Trinajstić information content (AvgIpc) is 2.88. The molecule has 1 saturated heterocycles. The van der Waals surface area contributed by atoms with E-state index >= 15 is 0 Å². The third-order valence-electron chi connectivity index (χ3n) is 6.11. The van der Waals surface area contributed by atoms with Gasteiger partial charge >= 0.3 is 6.18 Å². The van der Waals surface area contributed by atoms with Gasteiger partial charge in [-0.15, -0.1) is 0 Å². The minimum absolute atomic E-state index is 0.349. The van der Waals surface area contributed by atoms with Crippen molar-refractivity contribution in [2.24, 2.45) is 0 Å².